The Labute approximate surface area is 170 Å². The van der Waals surface area contributed by atoms with Crippen LogP contribution in [0.25, 0.3) is 0 Å². The largest absolute Gasteiger partial charge is 0.493 e. The van der Waals surface area contributed by atoms with E-state index < -0.39 is 23.1 Å². The highest BCUT2D eigenvalue weighted by atomic mass is 19.3. The van der Waals surface area contributed by atoms with E-state index >= 15 is 0 Å². The molecular weight excluding hydrogens is 406 g/mol. The number of nitrogens with one attached hydrogen (secondary N) is 1. The molecule has 0 aliphatic heterocycles. The zero-order chi connectivity index (χ0) is 22.1. The average Bonchev–Trinajstić information content (AvgIpc) is 2.72. The number of alkyl halides is 2. The lowest BCUT2D eigenvalue weighted by atomic mass is 10.1. The first-order chi connectivity index (χ1) is 14.4. The van der Waals surface area contributed by atoms with Crippen LogP contribution in [-0.2, 0) is 11.3 Å². The number of ether oxygens (including phenoxy) is 4. The molecule has 0 atom stereocenters. The topological polar surface area (TPSA) is 109 Å². The zero-order valence-electron chi connectivity index (χ0n) is 16.2. The third kappa shape index (κ3) is 6.01. The second-order valence-corrected chi connectivity index (χ2v) is 5.79. The molecule has 9 nitrogen and oxygen atoms in total. The standard InChI is InChI=1S/C19H20F2N2O7/c1-27-7-8-29-17-10-14(23(25)26)13(9-16(17)28-2)18(24)22-11-12-5-3-4-6-15(12)30-19(20)21/h3-6,9-10,19H,7-8,11H2,1-2H3,(H,22,24). The number of hydrogen-bond donors (Lipinski definition) is 1. The molecule has 0 saturated heterocycles. The SMILES string of the molecule is COCCOc1cc([N+](=O)[O-])c(C(=O)NCc2ccccc2OC(F)F)cc1OC. The van der Waals surface area contributed by atoms with Gasteiger partial charge < -0.3 is 24.3 Å². The number of amides is 1. The molecule has 0 bridgehead atoms. The molecule has 0 unspecified atom stereocenters. The van der Waals surface area contributed by atoms with Gasteiger partial charge in [-0.05, 0) is 6.07 Å². The zero-order valence-corrected chi connectivity index (χ0v) is 16.2. The quantitative estimate of drug-likeness (QED) is 0.334. The molecule has 0 aliphatic carbocycles. The predicted molar refractivity (Wildman–Crippen MR) is 101 cm³/mol. The lowest BCUT2D eigenvalue weighted by Gasteiger charge is -2.14. The molecule has 0 aliphatic rings. The molecule has 0 heterocycles. The lowest BCUT2D eigenvalue weighted by Crippen LogP contribution is -2.24. The van der Waals surface area contributed by atoms with E-state index in [-0.39, 0.29) is 48.1 Å². The van der Waals surface area contributed by atoms with Crippen LogP contribution >= 0.6 is 0 Å². The van der Waals surface area contributed by atoms with Gasteiger partial charge in [0.1, 0.15) is 17.9 Å². The first-order valence-electron chi connectivity index (χ1n) is 8.66. The Balaban J connectivity index is 2.25. The molecule has 162 valence electrons. The van der Waals surface area contributed by atoms with Gasteiger partial charge in [-0.25, -0.2) is 0 Å². The second kappa shape index (κ2) is 10.9. The van der Waals surface area contributed by atoms with Gasteiger partial charge in [0.05, 0.1) is 24.7 Å². The number of nitro groups is 1. The minimum atomic E-state index is -3.03. The van der Waals surface area contributed by atoms with Crippen LogP contribution in [0, 0.1) is 10.1 Å². The molecule has 2 rings (SSSR count). The van der Waals surface area contributed by atoms with Crippen molar-refractivity contribution < 1.29 is 37.4 Å². The molecule has 2 aromatic rings. The van der Waals surface area contributed by atoms with Crippen molar-refractivity contribution in [3.63, 3.8) is 0 Å². The van der Waals surface area contributed by atoms with E-state index in [0.29, 0.717) is 0 Å². The van der Waals surface area contributed by atoms with Gasteiger partial charge in [0.2, 0.25) is 0 Å². The summed E-state index contributed by atoms with van der Waals surface area (Å²) in [5, 5.41) is 13.9. The highest BCUT2D eigenvalue weighted by Gasteiger charge is 2.25. The van der Waals surface area contributed by atoms with Crippen molar-refractivity contribution >= 4 is 11.6 Å². The maximum Gasteiger partial charge on any atom is 0.387 e. The van der Waals surface area contributed by atoms with Crippen LogP contribution in [0.5, 0.6) is 17.2 Å². The minimum Gasteiger partial charge on any atom is -0.493 e. The Hall–Kier alpha value is -3.47. The van der Waals surface area contributed by atoms with E-state index in [1.165, 1.54) is 38.5 Å². The molecule has 11 heteroatoms. The van der Waals surface area contributed by atoms with Crippen LogP contribution in [0.2, 0.25) is 0 Å². The summed E-state index contributed by atoms with van der Waals surface area (Å²) in [6.45, 7) is -2.85. The predicted octanol–water partition coefficient (Wildman–Crippen LogP) is 3.16. The summed E-state index contributed by atoms with van der Waals surface area (Å²) in [5.41, 5.74) is -0.499. The average molecular weight is 426 g/mol. The maximum atomic E-state index is 12.6. The van der Waals surface area contributed by atoms with Crippen molar-refractivity contribution in [2.45, 2.75) is 13.2 Å². The molecule has 0 fully saturated rings. The van der Waals surface area contributed by atoms with Gasteiger partial charge in [-0.3, -0.25) is 14.9 Å². The van der Waals surface area contributed by atoms with E-state index in [0.717, 1.165) is 6.07 Å². The van der Waals surface area contributed by atoms with Crippen LogP contribution in [0.15, 0.2) is 36.4 Å². The molecule has 1 amide bonds. The molecule has 30 heavy (non-hydrogen) atoms. The van der Waals surface area contributed by atoms with Gasteiger partial charge in [0.15, 0.2) is 11.5 Å². The summed E-state index contributed by atoms with van der Waals surface area (Å²) >= 11 is 0. The van der Waals surface area contributed by atoms with Crippen LogP contribution in [0.1, 0.15) is 15.9 Å². The normalized spacial score (nSPS) is 10.6. The minimum absolute atomic E-state index is 0.0773. The van der Waals surface area contributed by atoms with Gasteiger partial charge in [-0.1, -0.05) is 18.2 Å². The van der Waals surface area contributed by atoms with Gasteiger partial charge >= 0.3 is 6.61 Å². The van der Waals surface area contributed by atoms with Crippen molar-refractivity contribution in [2.24, 2.45) is 0 Å². The first kappa shape index (κ1) is 22.8. The molecule has 1 N–H and O–H groups in total. The summed E-state index contributed by atoms with van der Waals surface area (Å²) in [4.78, 5) is 23.3. The van der Waals surface area contributed by atoms with Gasteiger partial charge in [-0.15, -0.1) is 0 Å². The van der Waals surface area contributed by atoms with Crippen molar-refractivity contribution in [3.05, 3.63) is 57.6 Å². The van der Waals surface area contributed by atoms with Gasteiger partial charge in [0.25, 0.3) is 11.6 Å². The van der Waals surface area contributed by atoms with Crippen molar-refractivity contribution in [2.75, 3.05) is 27.4 Å². The highest BCUT2D eigenvalue weighted by molar-refractivity contribution is 5.99. The number of hydrogen-bond acceptors (Lipinski definition) is 7. The molecule has 0 saturated carbocycles. The number of carbonyl (C=O) groups is 1. The van der Waals surface area contributed by atoms with E-state index in [4.69, 9.17) is 14.2 Å². The summed E-state index contributed by atoms with van der Waals surface area (Å²) < 4.78 is 44.9. The van der Waals surface area contributed by atoms with Crippen molar-refractivity contribution in [1.82, 2.24) is 5.32 Å². The Morgan fingerprint density at radius 3 is 2.50 bits per heavy atom. The molecule has 2 aromatic carbocycles. The second-order valence-electron chi connectivity index (χ2n) is 5.79. The number of para-hydroxylation sites is 1. The fraction of sp³-hybridized carbons (Fsp3) is 0.316. The molecule has 0 radical (unpaired) electrons. The number of carbonyl (C=O) groups excluding carboxylic acids is 1. The Kier molecular flexibility index (Phi) is 8.29. The third-order valence-corrected chi connectivity index (χ3v) is 3.90. The number of methoxy groups -OCH3 is 2. The first-order valence-corrected chi connectivity index (χ1v) is 8.66. The van der Waals surface area contributed by atoms with Gasteiger partial charge in [-0.2, -0.15) is 8.78 Å². The monoisotopic (exact) mass is 426 g/mol. The fourth-order valence-electron chi connectivity index (χ4n) is 2.52. The fourth-order valence-corrected chi connectivity index (χ4v) is 2.52. The third-order valence-electron chi connectivity index (χ3n) is 3.90. The lowest BCUT2D eigenvalue weighted by molar-refractivity contribution is -0.385. The summed E-state index contributed by atoms with van der Waals surface area (Å²) in [6, 6.07) is 8.15. The number of benzene rings is 2. The molecule has 0 spiro atoms. The summed E-state index contributed by atoms with van der Waals surface area (Å²) in [6.07, 6.45) is 0. The summed E-state index contributed by atoms with van der Waals surface area (Å²) in [7, 11) is 2.80. The van der Waals surface area contributed by atoms with Crippen LogP contribution in [0.4, 0.5) is 14.5 Å². The molecular formula is C19H20F2N2O7. The van der Waals surface area contributed by atoms with E-state index in [1.54, 1.807) is 6.07 Å². The van der Waals surface area contributed by atoms with E-state index in [9.17, 15) is 23.7 Å². The van der Waals surface area contributed by atoms with E-state index in [1.807, 2.05) is 0 Å². The number of nitro benzene ring substituents is 1. The number of nitrogens with zero attached hydrogens (tertiary/aromatic N) is 1. The van der Waals surface area contributed by atoms with Crippen LogP contribution in [-0.4, -0.2) is 44.9 Å². The van der Waals surface area contributed by atoms with Crippen molar-refractivity contribution in [1.29, 1.82) is 0 Å². The summed E-state index contributed by atoms with van der Waals surface area (Å²) in [5.74, 6) is -0.714. The Morgan fingerprint density at radius 1 is 1.13 bits per heavy atom. The Bertz CT molecular complexity index is 893. The van der Waals surface area contributed by atoms with Crippen molar-refractivity contribution in [3.8, 4) is 17.2 Å². The smallest absolute Gasteiger partial charge is 0.387 e. The highest BCUT2D eigenvalue weighted by Crippen LogP contribution is 2.35. The van der Waals surface area contributed by atoms with Gasteiger partial charge in [0, 0.05) is 25.3 Å². The number of rotatable bonds is 11. The number of halogens is 2. The molecule has 0 aromatic heterocycles. The Morgan fingerprint density at radius 2 is 1.87 bits per heavy atom. The van der Waals surface area contributed by atoms with Crippen LogP contribution in [0.3, 0.4) is 0 Å². The maximum absolute atomic E-state index is 12.6. The van der Waals surface area contributed by atoms with Crippen LogP contribution < -0.4 is 19.5 Å². The van der Waals surface area contributed by atoms with E-state index in [2.05, 4.69) is 10.1 Å².